The normalized spacial score (nSPS) is 20.4. The second kappa shape index (κ2) is 9.15. The Balaban J connectivity index is 1.37. The summed E-state index contributed by atoms with van der Waals surface area (Å²) in [4.78, 5) is 19.3. The van der Waals surface area contributed by atoms with Crippen molar-refractivity contribution in [3.63, 3.8) is 0 Å². The van der Waals surface area contributed by atoms with Crippen molar-refractivity contribution in [2.45, 2.75) is 31.6 Å². The van der Waals surface area contributed by atoms with E-state index in [-0.39, 0.29) is 11.8 Å². The predicted molar refractivity (Wildman–Crippen MR) is 98.8 cm³/mol. The van der Waals surface area contributed by atoms with E-state index in [1.54, 1.807) is 0 Å². The lowest BCUT2D eigenvalue weighted by atomic mass is 9.93. The van der Waals surface area contributed by atoms with Crippen molar-refractivity contribution in [3.05, 3.63) is 23.9 Å². The molecule has 0 saturated carbocycles. The van der Waals surface area contributed by atoms with Crippen molar-refractivity contribution in [2.75, 3.05) is 51.8 Å². The summed E-state index contributed by atoms with van der Waals surface area (Å²) in [6.07, 6.45) is 3.98. The first-order valence-corrected chi connectivity index (χ1v) is 9.49. The highest BCUT2D eigenvalue weighted by molar-refractivity contribution is 5.78. The molecule has 1 aromatic rings. The van der Waals surface area contributed by atoms with Crippen LogP contribution in [0.2, 0.25) is 0 Å². The average Bonchev–Trinajstić information content (AvgIpc) is 2.69. The van der Waals surface area contributed by atoms with Crippen LogP contribution in [-0.2, 0) is 9.53 Å². The van der Waals surface area contributed by atoms with Crippen LogP contribution in [-0.4, -0.2) is 62.2 Å². The smallest absolute Gasteiger partial charge is 0.223 e. The van der Waals surface area contributed by atoms with E-state index in [0.29, 0.717) is 19.1 Å². The summed E-state index contributed by atoms with van der Waals surface area (Å²) in [5.74, 6) is 1.83. The summed E-state index contributed by atoms with van der Waals surface area (Å²) in [7, 11) is 1.91. The number of amides is 1. The number of nitrogens with one attached hydrogen (secondary N) is 2. The Hall–Kier alpha value is -1.66. The standard InChI is InChI=1S/C19H30N4O2/c1-20-18-4-2-3-17(22-18)15-5-10-23(11-6-15)12-9-21-19(24)16-7-13-25-14-8-16/h2-4,15-16H,5-14H2,1H3,(H,20,22)(H,21,24). The van der Waals surface area contributed by atoms with Gasteiger partial charge in [0.2, 0.25) is 5.91 Å². The van der Waals surface area contributed by atoms with Gasteiger partial charge in [-0.2, -0.15) is 0 Å². The lowest BCUT2D eigenvalue weighted by Crippen LogP contribution is -2.41. The molecule has 3 rings (SSSR count). The molecule has 2 N–H and O–H groups in total. The molecule has 0 aromatic carbocycles. The molecule has 1 amide bonds. The second-order valence-electron chi connectivity index (χ2n) is 6.99. The lowest BCUT2D eigenvalue weighted by Gasteiger charge is -2.32. The number of ether oxygens (including phenoxy) is 1. The number of carbonyl (C=O) groups excluding carboxylic acids is 1. The van der Waals surface area contributed by atoms with Crippen LogP contribution in [0.4, 0.5) is 5.82 Å². The molecule has 0 spiro atoms. The summed E-state index contributed by atoms with van der Waals surface area (Å²) < 4.78 is 5.31. The van der Waals surface area contributed by atoms with Gasteiger partial charge in [0.1, 0.15) is 5.82 Å². The molecule has 3 heterocycles. The Kier molecular flexibility index (Phi) is 6.64. The van der Waals surface area contributed by atoms with Gasteiger partial charge in [-0.1, -0.05) is 6.07 Å². The largest absolute Gasteiger partial charge is 0.381 e. The van der Waals surface area contributed by atoms with Gasteiger partial charge >= 0.3 is 0 Å². The highest BCUT2D eigenvalue weighted by atomic mass is 16.5. The number of piperidine rings is 1. The van der Waals surface area contributed by atoms with Crippen molar-refractivity contribution >= 4 is 11.7 Å². The maximum absolute atomic E-state index is 12.1. The Morgan fingerprint density at radius 3 is 2.72 bits per heavy atom. The van der Waals surface area contributed by atoms with E-state index in [0.717, 1.165) is 57.7 Å². The number of carbonyl (C=O) groups is 1. The molecule has 0 aliphatic carbocycles. The van der Waals surface area contributed by atoms with E-state index < -0.39 is 0 Å². The SMILES string of the molecule is CNc1cccc(C2CCN(CCNC(=O)C3CCOCC3)CC2)n1. The molecule has 1 aromatic heterocycles. The van der Waals surface area contributed by atoms with Crippen molar-refractivity contribution < 1.29 is 9.53 Å². The molecule has 0 atom stereocenters. The number of rotatable bonds is 6. The van der Waals surface area contributed by atoms with E-state index in [9.17, 15) is 4.79 Å². The van der Waals surface area contributed by atoms with Crippen molar-refractivity contribution in [1.82, 2.24) is 15.2 Å². The van der Waals surface area contributed by atoms with Gasteiger partial charge < -0.3 is 20.3 Å². The van der Waals surface area contributed by atoms with Gasteiger partial charge in [-0.3, -0.25) is 4.79 Å². The van der Waals surface area contributed by atoms with Gasteiger partial charge in [0.25, 0.3) is 0 Å². The van der Waals surface area contributed by atoms with Crippen molar-refractivity contribution in [2.24, 2.45) is 5.92 Å². The number of hydrogen-bond donors (Lipinski definition) is 2. The molecular formula is C19H30N4O2. The Morgan fingerprint density at radius 1 is 1.24 bits per heavy atom. The highest BCUT2D eigenvalue weighted by Gasteiger charge is 2.23. The molecule has 0 unspecified atom stereocenters. The third-order valence-electron chi connectivity index (χ3n) is 5.35. The monoisotopic (exact) mass is 346 g/mol. The summed E-state index contributed by atoms with van der Waals surface area (Å²) in [6, 6.07) is 6.21. The van der Waals surface area contributed by atoms with Gasteiger partial charge in [0.15, 0.2) is 0 Å². The summed E-state index contributed by atoms with van der Waals surface area (Å²) in [5, 5.41) is 6.21. The minimum Gasteiger partial charge on any atom is -0.381 e. The fraction of sp³-hybridized carbons (Fsp3) is 0.684. The maximum Gasteiger partial charge on any atom is 0.223 e. The van der Waals surface area contributed by atoms with Crippen LogP contribution < -0.4 is 10.6 Å². The number of nitrogens with zero attached hydrogens (tertiary/aromatic N) is 2. The van der Waals surface area contributed by atoms with Crippen LogP contribution in [0.5, 0.6) is 0 Å². The zero-order valence-electron chi connectivity index (χ0n) is 15.2. The fourth-order valence-corrected chi connectivity index (χ4v) is 3.71. The van der Waals surface area contributed by atoms with Gasteiger partial charge in [0, 0.05) is 50.9 Å². The molecular weight excluding hydrogens is 316 g/mol. The number of aromatic nitrogens is 1. The molecule has 2 aliphatic heterocycles. The van der Waals surface area contributed by atoms with Gasteiger partial charge in [-0.25, -0.2) is 4.98 Å². The zero-order valence-corrected chi connectivity index (χ0v) is 15.2. The van der Waals surface area contributed by atoms with Crippen LogP contribution in [0.1, 0.15) is 37.3 Å². The highest BCUT2D eigenvalue weighted by Crippen LogP contribution is 2.27. The molecule has 6 nitrogen and oxygen atoms in total. The van der Waals surface area contributed by atoms with E-state index in [1.165, 1.54) is 5.69 Å². The third kappa shape index (κ3) is 5.16. The molecule has 2 saturated heterocycles. The minimum absolute atomic E-state index is 0.144. The number of hydrogen-bond acceptors (Lipinski definition) is 5. The van der Waals surface area contributed by atoms with Crippen molar-refractivity contribution in [1.29, 1.82) is 0 Å². The quantitative estimate of drug-likeness (QED) is 0.823. The first-order chi connectivity index (χ1) is 12.3. The first-order valence-electron chi connectivity index (χ1n) is 9.49. The Labute approximate surface area is 150 Å². The van der Waals surface area contributed by atoms with E-state index >= 15 is 0 Å². The van der Waals surface area contributed by atoms with Gasteiger partial charge in [-0.05, 0) is 50.9 Å². The second-order valence-corrected chi connectivity index (χ2v) is 6.99. The Morgan fingerprint density at radius 2 is 2.00 bits per heavy atom. The van der Waals surface area contributed by atoms with Crippen LogP contribution in [0, 0.1) is 5.92 Å². The third-order valence-corrected chi connectivity index (χ3v) is 5.35. The topological polar surface area (TPSA) is 66.5 Å². The molecule has 0 radical (unpaired) electrons. The summed E-state index contributed by atoms with van der Waals surface area (Å²) in [5.41, 5.74) is 1.19. The number of anilines is 1. The number of pyridine rings is 1. The van der Waals surface area contributed by atoms with E-state index in [1.807, 2.05) is 13.1 Å². The fourth-order valence-electron chi connectivity index (χ4n) is 3.71. The summed E-state index contributed by atoms with van der Waals surface area (Å²) >= 11 is 0. The predicted octanol–water partition coefficient (Wildman–Crippen LogP) is 1.85. The van der Waals surface area contributed by atoms with Crippen LogP contribution in [0.25, 0.3) is 0 Å². The first kappa shape index (κ1) is 18.1. The number of likely N-dealkylation sites (tertiary alicyclic amines) is 1. The van der Waals surface area contributed by atoms with E-state index in [4.69, 9.17) is 4.74 Å². The van der Waals surface area contributed by atoms with Crippen molar-refractivity contribution in [3.8, 4) is 0 Å². The summed E-state index contributed by atoms with van der Waals surface area (Å²) in [6.45, 7) is 5.26. The molecule has 2 aliphatic rings. The van der Waals surface area contributed by atoms with Gasteiger partial charge in [0.05, 0.1) is 0 Å². The molecule has 138 valence electrons. The Bertz CT molecular complexity index is 552. The average molecular weight is 346 g/mol. The molecule has 0 bridgehead atoms. The van der Waals surface area contributed by atoms with Crippen LogP contribution in [0.15, 0.2) is 18.2 Å². The van der Waals surface area contributed by atoms with E-state index in [2.05, 4.69) is 32.7 Å². The minimum atomic E-state index is 0.144. The zero-order chi connectivity index (χ0) is 17.5. The molecule has 25 heavy (non-hydrogen) atoms. The molecule has 6 heteroatoms. The van der Waals surface area contributed by atoms with Gasteiger partial charge in [-0.15, -0.1) is 0 Å². The van der Waals surface area contributed by atoms with Crippen LogP contribution in [0.3, 0.4) is 0 Å². The lowest BCUT2D eigenvalue weighted by molar-refractivity contribution is -0.127. The van der Waals surface area contributed by atoms with Crippen LogP contribution >= 0.6 is 0 Å². The molecule has 2 fully saturated rings. The maximum atomic E-state index is 12.1.